The molecule has 1 aliphatic rings. The Morgan fingerprint density at radius 1 is 1.00 bits per heavy atom. The van der Waals surface area contributed by atoms with Crippen LogP contribution in [0.2, 0.25) is 19.6 Å². The molecule has 0 aliphatic carbocycles. The number of amides is 1. The number of hydrogen-bond acceptors (Lipinski definition) is 3. The maximum Gasteiger partial charge on any atom is 0.444 e. The third kappa shape index (κ3) is 5.33. The molecule has 0 N–H and O–H groups in total. The number of carbonyl (C=O) groups excluding carboxylic acids is 1. The molecule has 0 aromatic heterocycles. The highest BCUT2D eigenvalue weighted by molar-refractivity contribution is 6.69. The number of alkyl halides is 3. The summed E-state index contributed by atoms with van der Waals surface area (Å²) in [6.45, 7) is 10.4. The van der Waals surface area contributed by atoms with Gasteiger partial charge in [-0.3, -0.25) is 4.79 Å². The number of hydrogen-bond donors (Lipinski definition) is 0. The Morgan fingerprint density at radius 3 is 1.97 bits per heavy atom. The van der Waals surface area contributed by atoms with Crippen molar-refractivity contribution in [3.05, 3.63) is 71.8 Å². The predicted octanol–water partition coefficient (Wildman–Crippen LogP) is 6.25. The summed E-state index contributed by atoms with van der Waals surface area (Å²) in [6, 6.07) is 15.8. The second kappa shape index (κ2) is 8.89. The second-order valence-corrected chi connectivity index (χ2v) is 14.9. The number of benzene rings is 2. The summed E-state index contributed by atoms with van der Waals surface area (Å²) in [4.78, 5) is 15.0. The molecule has 4 nitrogen and oxygen atoms in total. The Balaban J connectivity index is 2.24. The molecular formula is C25H32F3NO3Si. The molecule has 8 heteroatoms. The lowest BCUT2D eigenvalue weighted by molar-refractivity contribution is -0.357. The highest BCUT2D eigenvalue weighted by atomic mass is 28.4. The number of ether oxygens (including phenoxy) is 1. The molecule has 1 heterocycles. The molecule has 1 aliphatic heterocycles. The molecule has 0 radical (unpaired) electrons. The van der Waals surface area contributed by atoms with Crippen LogP contribution >= 0.6 is 0 Å². The van der Waals surface area contributed by atoms with Gasteiger partial charge in [-0.1, -0.05) is 69.3 Å². The number of nitrogens with zero attached hydrogens (tertiary/aromatic N) is 1. The van der Waals surface area contributed by atoms with E-state index in [9.17, 15) is 18.0 Å². The molecule has 1 saturated heterocycles. The molecule has 3 atom stereocenters. The van der Waals surface area contributed by atoms with Crippen LogP contribution in [0.3, 0.4) is 0 Å². The van der Waals surface area contributed by atoms with Crippen molar-refractivity contribution in [1.29, 1.82) is 0 Å². The summed E-state index contributed by atoms with van der Waals surface area (Å²) in [5, 5.41) is 0. The average Bonchev–Trinajstić information content (AvgIpc) is 3.03. The highest BCUT2D eigenvalue weighted by Gasteiger charge is 2.72. The lowest BCUT2D eigenvalue weighted by atomic mass is 9.91. The van der Waals surface area contributed by atoms with Gasteiger partial charge in [0.25, 0.3) is 11.7 Å². The van der Waals surface area contributed by atoms with Gasteiger partial charge >= 0.3 is 6.18 Å². The maximum absolute atomic E-state index is 14.9. The molecule has 180 valence electrons. The Kier molecular flexibility index (Phi) is 6.86. The van der Waals surface area contributed by atoms with Gasteiger partial charge in [0.1, 0.15) is 12.3 Å². The number of carbonyl (C=O) groups is 1. The summed E-state index contributed by atoms with van der Waals surface area (Å²) in [5.74, 6) is -3.45. The fraction of sp³-hybridized carbons (Fsp3) is 0.480. The Bertz CT molecular complexity index is 955. The zero-order valence-corrected chi connectivity index (χ0v) is 20.9. The molecular weight excluding hydrogens is 447 g/mol. The van der Waals surface area contributed by atoms with E-state index in [1.807, 2.05) is 0 Å². The first-order chi connectivity index (χ1) is 15.2. The van der Waals surface area contributed by atoms with Gasteiger partial charge < -0.3 is 14.1 Å². The first-order valence-corrected chi connectivity index (χ1v) is 14.4. The minimum atomic E-state index is -4.86. The van der Waals surface area contributed by atoms with Gasteiger partial charge in [-0.15, -0.1) is 0 Å². The van der Waals surface area contributed by atoms with E-state index in [2.05, 4.69) is 0 Å². The fourth-order valence-electron chi connectivity index (χ4n) is 4.15. The second-order valence-electron chi connectivity index (χ2n) is 10.5. The first kappa shape index (κ1) is 25.5. The van der Waals surface area contributed by atoms with Gasteiger partial charge in [0.05, 0.1) is 0 Å². The van der Waals surface area contributed by atoms with Gasteiger partial charge in [0, 0.05) is 11.0 Å². The van der Waals surface area contributed by atoms with Gasteiger partial charge in [-0.05, 0) is 43.8 Å². The minimum Gasteiger partial charge on any atom is -0.382 e. The van der Waals surface area contributed by atoms with Crippen molar-refractivity contribution in [2.45, 2.75) is 71.1 Å². The standard InChI is InChI=1S/C25H32F3NO3Si/c1-23(2,3)22-29(21(30)19-15-11-8-12-16-19)20(17-18-13-9-7-10-14-18)24(31-22,25(26,27)28)32-33(4,5)6/h7-16,20,22H,17H2,1-6H3/t20-,22-,24+/m0/s1. The van der Waals surface area contributed by atoms with E-state index in [1.54, 1.807) is 101 Å². The summed E-state index contributed by atoms with van der Waals surface area (Å²) in [6.07, 6.45) is -6.06. The van der Waals surface area contributed by atoms with Crippen LogP contribution in [0.15, 0.2) is 60.7 Å². The molecule has 0 unspecified atom stereocenters. The minimum absolute atomic E-state index is 0.0595. The third-order valence-corrected chi connectivity index (χ3v) is 6.35. The van der Waals surface area contributed by atoms with E-state index in [1.165, 1.54) is 4.90 Å². The van der Waals surface area contributed by atoms with Crippen LogP contribution < -0.4 is 0 Å². The van der Waals surface area contributed by atoms with E-state index in [0.717, 1.165) is 0 Å². The lowest BCUT2D eigenvalue weighted by Crippen LogP contribution is -2.62. The zero-order chi connectivity index (χ0) is 24.7. The molecule has 2 aromatic carbocycles. The highest BCUT2D eigenvalue weighted by Crippen LogP contribution is 2.51. The Morgan fingerprint density at radius 2 is 1.52 bits per heavy atom. The molecule has 0 spiro atoms. The van der Waals surface area contributed by atoms with Gasteiger partial charge in [0.15, 0.2) is 8.32 Å². The normalized spacial score (nSPS) is 24.2. The molecule has 2 aromatic rings. The first-order valence-electron chi connectivity index (χ1n) is 11.0. The zero-order valence-electron chi connectivity index (χ0n) is 19.9. The smallest absolute Gasteiger partial charge is 0.382 e. The third-order valence-electron chi connectivity index (χ3n) is 5.43. The van der Waals surface area contributed by atoms with Crippen molar-refractivity contribution in [3.63, 3.8) is 0 Å². The van der Waals surface area contributed by atoms with Crippen molar-refractivity contribution in [2.24, 2.45) is 5.41 Å². The Labute approximate surface area is 194 Å². The van der Waals surface area contributed by atoms with Crippen molar-refractivity contribution >= 4 is 14.2 Å². The van der Waals surface area contributed by atoms with E-state index in [4.69, 9.17) is 9.16 Å². The van der Waals surface area contributed by atoms with E-state index < -0.39 is 43.9 Å². The molecule has 1 amide bonds. The van der Waals surface area contributed by atoms with Crippen LogP contribution in [-0.4, -0.2) is 43.4 Å². The van der Waals surface area contributed by atoms with Crippen LogP contribution in [0, 0.1) is 5.41 Å². The van der Waals surface area contributed by atoms with Gasteiger partial charge in [0.2, 0.25) is 0 Å². The van der Waals surface area contributed by atoms with Crippen LogP contribution in [0.25, 0.3) is 0 Å². The SMILES string of the molecule is CC(C)(C)[C@@H]1O[C@](O[Si](C)(C)C)(C(F)(F)F)[C@H](Cc2ccccc2)N1C(=O)c1ccccc1. The summed E-state index contributed by atoms with van der Waals surface area (Å²) in [5.41, 5.74) is 0.175. The van der Waals surface area contributed by atoms with Gasteiger partial charge in [-0.25, -0.2) is 0 Å². The van der Waals surface area contributed by atoms with Crippen LogP contribution in [0.5, 0.6) is 0 Å². The van der Waals surface area contributed by atoms with Crippen LogP contribution in [-0.2, 0) is 15.6 Å². The van der Waals surface area contributed by atoms with E-state index in [-0.39, 0.29) is 6.42 Å². The summed E-state index contributed by atoms with van der Waals surface area (Å²) in [7, 11) is -2.78. The predicted molar refractivity (Wildman–Crippen MR) is 124 cm³/mol. The summed E-state index contributed by atoms with van der Waals surface area (Å²) >= 11 is 0. The fourth-order valence-corrected chi connectivity index (χ4v) is 5.36. The largest absolute Gasteiger partial charge is 0.444 e. The molecule has 0 saturated carbocycles. The lowest BCUT2D eigenvalue weighted by Gasteiger charge is -2.41. The summed E-state index contributed by atoms with van der Waals surface area (Å²) < 4.78 is 56.6. The maximum atomic E-state index is 14.9. The number of rotatable bonds is 5. The van der Waals surface area contributed by atoms with Crippen LogP contribution in [0.1, 0.15) is 36.7 Å². The average molecular weight is 480 g/mol. The number of halogens is 3. The molecule has 33 heavy (non-hydrogen) atoms. The van der Waals surface area contributed by atoms with Gasteiger partial charge in [-0.2, -0.15) is 13.2 Å². The topological polar surface area (TPSA) is 38.8 Å². The van der Waals surface area contributed by atoms with Crippen molar-refractivity contribution in [3.8, 4) is 0 Å². The molecule has 1 fully saturated rings. The monoisotopic (exact) mass is 479 g/mol. The molecule has 0 bridgehead atoms. The van der Waals surface area contributed by atoms with Crippen molar-refractivity contribution in [2.75, 3.05) is 0 Å². The quantitative estimate of drug-likeness (QED) is 0.476. The van der Waals surface area contributed by atoms with E-state index >= 15 is 0 Å². The molecule has 3 rings (SSSR count). The van der Waals surface area contributed by atoms with E-state index in [0.29, 0.717) is 11.1 Å². The van der Waals surface area contributed by atoms with Crippen molar-refractivity contribution in [1.82, 2.24) is 4.90 Å². The Hall–Kier alpha value is -2.16. The van der Waals surface area contributed by atoms with Crippen molar-refractivity contribution < 1.29 is 27.1 Å². The van der Waals surface area contributed by atoms with Crippen LogP contribution in [0.4, 0.5) is 13.2 Å².